The molecule has 0 spiro atoms. The molecule has 4 aromatic heterocycles. The first-order chi connectivity index (χ1) is 20.5. The van der Waals surface area contributed by atoms with Gasteiger partial charge in [-0.15, -0.1) is 0 Å². The van der Waals surface area contributed by atoms with Crippen LogP contribution in [0.2, 0.25) is 0 Å². The molecular weight excluding hydrogens is 525 g/mol. The van der Waals surface area contributed by atoms with Crippen molar-refractivity contribution in [3.8, 4) is 22.5 Å². The summed E-state index contributed by atoms with van der Waals surface area (Å²) in [5.41, 5.74) is 8.71. The topological polar surface area (TPSA) is 94.3 Å². The smallest absolute Gasteiger partial charge is 0.138 e. The summed E-state index contributed by atoms with van der Waals surface area (Å²) < 4.78 is 13.5. The zero-order chi connectivity index (χ0) is 29.1. The van der Waals surface area contributed by atoms with Crippen molar-refractivity contribution in [2.45, 2.75) is 26.2 Å². The van der Waals surface area contributed by atoms with Crippen molar-refractivity contribution in [3.05, 3.63) is 109 Å². The van der Waals surface area contributed by atoms with Gasteiger partial charge in [0.25, 0.3) is 0 Å². The maximum atomic E-state index is 13.5. The number of nitrogens with zero attached hydrogens (tertiary/aromatic N) is 3. The second-order valence-corrected chi connectivity index (χ2v) is 10.7. The quantitative estimate of drug-likeness (QED) is 0.143. The minimum Gasteiger partial charge on any atom is -0.359 e. The molecule has 0 radical (unpaired) electrons. The Labute approximate surface area is 244 Å². The third-order valence-corrected chi connectivity index (χ3v) is 7.84. The van der Waals surface area contributed by atoms with Gasteiger partial charge in [-0.05, 0) is 104 Å². The van der Waals surface area contributed by atoms with E-state index in [2.05, 4.69) is 50.0 Å². The van der Waals surface area contributed by atoms with E-state index in [1.807, 2.05) is 37.3 Å². The van der Waals surface area contributed by atoms with Crippen molar-refractivity contribution < 1.29 is 4.39 Å². The summed E-state index contributed by atoms with van der Waals surface area (Å²) in [4.78, 5) is 12.7. The van der Waals surface area contributed by atoms with E-state index in [1.165, 1.54) is 25.0 Å². The highest BCUT2D eigenvalue weighted by Crippen LogP contribution is 2.34. The van der Waals surface area contributed by atoms with E-state index in [9.17, 15) is 4.39 Å². The Kier molecular flexibility index (Phi) is 7.79. The number of halogens is 1. The second-order valence-electron chi connectivity index (χ2n) is 10.7. The molecule has 1 aliphatic heterocycles. The highest BCUT2D eigenvalue weighted by atomic mass is 19.1. The van der Waals surface area contributed by atoms with Crippen molar-refractivity contribution in [1.29, 1.82) is 0 Å². The van der Waals surface area contributed by atoms with E-state index >= 15 is 0 Å². The number of pyridine rings is 2. The lowest BCUT2D eigenvalue weighted by atomic mass is 9.93. The number of aromatic amines is 2. The minimum absolute atomic E-state index is 0.264. The Morgan fingerprint density at radius 1 is 1.10 bits per heavy atom. The van der Waals surface area contributed by atoms with Gasteiger partial charge in [-0.1, -0.05) is 31.4 Å². The van der Waals surface area contributed by atoms with E-state index in [4.69, 9.17) is 4.98 Å². The SMILES string of the molecule is C=C/C(=C\C(=C/C)c1cc2c(-c3cc4c(-c5ccc(F)cc5)ccnc4[nH]3)n[nH]c2cn1)NC(=C)CC1CCNCC1. The third kappa shape index (κ3) is 5.66. The Balaban J connectivity index is 1.30. The predicted octanol–water partition coefficient (Wildman–Crippen LogP) is 7.27. The molecule has 5 heterocycles. The highest BCUT2D eigenvalue weighted by Gasteiger charge is 2.17. The largest absolute Gasteiger partial charge is 0.359 e. The number of H-pyrrole nitrogens is 2. The van der Waals surface area contributed by atoms with Crippen LogP contribution < -0.4 is 10.6 Å². The summed E-state index contributed by atoms with van der Waals surface area (Å²) in [5.74, 6) is 0.383. The Hall–Kier alpha value is -4.82. The Bertz CT molecular complexity index is 1820. The van der Waals surface area contributed by atoms with Crippen molar-refractivity contribution >= 4 is 27.5 Å². The number of allylic oxidation sites excluding steroid dienone is 5. The summed E-state index contributed by atoms with van der Waals surface area (Å²) >= 11 is 0. The molecular formula is C34H34FN7. The summed E-state index contributed by atoms with van der Waals surface area (Å²) in [6.45, 7) is 12.4. The standard InChI is InChI=1S/C34H34FN7/c1-4-23(17-26(5-2)39-21(3)16-22-10-13-36-14-11-22)30-19-29-32(20-38-30)41-42-33(29)31-18-28-27(12-15-37-34(28)40-31)24-6-8-25(35)9-7-24/h4-9,12,15,17-20,22,36,39H,2-3,10-11,13-14,16H2,1H3,(H,37,40)(H,41,42)/b23-4+,26-17+. The first-order valence-corrected chi connectivity index (χ1v) is 14.3. The lowest BCUT2D eigenvalue weighted by molar-refractivity contribution is 0.368. The van der Waals surface area contributed by atoms with Gasteiger partial charge in [0, 0.05) is 28.4 Å². The lowest BCUT2D eigenvalue weighted by Gasteiger charge is -2.24. The number of hydrogen-bond acceptors (Lipinski definition) is 5. The monoisotopic (exact) mass is 559 g/mol. The molecule has 6 rings (SSSR count). The van der Waals surface area contributed by atoms with E-state index < -0.39 is 0 Å². The molecule has 5 aromatic rings. The predicted molar refractivity (Wildman–Crippen MR) is 169 cm³/mol. The van der Waals surface area contributed by atoms with Crippen LogP contribution in [-0.4, -0.2) is 38.2 Å². The summed E-state index contributed by atoms with van der Waals surface area (Å²) in [6, 6.07) is 12.5. The molecule has 4 N–H and O–H groups in total. The number of fused-ring (bicyclic) bond motifs is 2. The summed E-state index contributed by atoms with van der Waals surface area (Å²) in [7, 11) is 0. The molecule has 0 saturated carbocycles. The van der Waals surface area contributed by atoms with Gasteiger partial charge in [-0.25, -0.2) is 9.37 Å². The number of piperidine rings is 1. The number of hydrogen-bond donors (Lipinski definition) is 4. The van der Waals surface area contributed by atoms with E-state index in [0.29, 0.717) is 5.92 Å². The van der Waals surface area contributed by atoms with Gasteiger partial charge in [0.15, 0.2) is 0 Å². The molecule has 0 bridgehead atoms. The molecule has 1 aromatic carbocycles. The van der Waals surface area contributed by atoms with Crippen LogP contribution in [0.4, 0.5) is 4.39 Å². The average molecular weight is 560 g/mol. The van der Waals surface area contributed by atoms with Crippen LogP contribution in [0.3, 0.4) is 0 Å². The van der Waals surface area contributed by atoms with E-state index in [-0.39, 0.29) is 5.82 Å². The molecule has 1 aliphatic rings. The van der Waals surface area contributed by atoms with Crippen LogP contribution >= 0.6 is 0 Å². The molecule has 1 fully saturated rings. The molecule has 212 valence electrons. The molecule has 1 saturated heterocycles. The van der Waals surface area contributed by atoms with Crippen molar-refractivity contribution in [2.75, 3.05) is 13.1 Å². The highest BCUT2D eigenvalue weighted by molar-refractivity contribution is 6.00. The fourth-order valence-electron chi connectivity index (χ4n) is 5.62. The maximum Gasteiger partial charge on any atom is 0.138 e. The van der Waals surface area contributed by atoms with Crippen molar-refractivity contribution in [2.24, 2.45) is 5.92 Å². The molecule has 0 unspecified atom stereocenters. The first-order valence-electron chi connectivity index (χ1n) is 14.3. The molecule has 8 heteroatoms. The van der Waals surface area contributed by atoms with Crippen LogP contribution in [0.15, 0.2) is 97.6 Å². The normalized spacial score (nSPS) is 14.9. The number of rotatable bonds is 9. The van der Waals surface area contributed by atoms with Crippen molar-refractivity contribution in [3.63, 3.8) is 0 Å². The van der Waals surface area contributed by atoms with E-state index in [1.54, 1.807) is 24.5 Å². The van der Waals surface area contributed by atoms with Crippen molar-refractivity contribution in [1.82, 2.24) is 35.8 Å². The fraction of sp³-hybridized carbons (Fsp3) is 0.206. The molecule has 0 amide bonds. The van der Waals surface area contributed by atoms with Gasteiger partial charge in [-0.3, -0.25) is 10.1 Å². The molecule has 7 nitrogen and oxygen atoms in total. The molecule has 0 atom stereocenters. The molecule has 0 aliphatic carbocycles. The second kappa shape index (κ2) is 12.0. The van der Waals surface area contributed by atoms with Gasteiger partial charge in [0.1, 0.15) is 17.2 Å². The van der Waals surface area contributed by atoms with Crippen LogP contribution in [0.25, 0.3) is 50.0 Å². The Morgan fingerprint density at radius 2 is 1.90 bits per heavy atom. The van der Waals surface area contributed by atoms with Crippen LogP contribution in [-0.2, 0) is 0 Å². The summed E-state index contributed by atoms with van der Waals surface area (Å²) in [5, 5.41) is 16.5. The van der Waals surface area contributed by atoms with E-state index in [0.717, 1.165) is 86.6 Å². The maximum absolute atomic E-state index is 13.5. The minimum atomic E-state index is -0.264. The number of nitrogens with one attached hydrogen (secondary N) is 4. The molecule has 42 heavy (non-hydrogen) atoms. The number of aromatic nitrogens is 5. The third-order valence-electron chi connectivity index (χ3n) is 7.84. The number of benzene rings is 1. The Morgan fingerprint density at radius 3 is 2.67 bits per heavy atom. The van der Waals surface area contributed by atoms with Crippen LogP contribution in [0, 0.1) is 11.7 Å². The van der Waals surface area contributed by atoms with Crippen LogP contribution in [0.5, 0.6) is 0 Å². The van der Waals surface area contributed by atoms with Gasteiger partial charge in [0.05, 0.1) is 23.1 Å². The average Bonchev–Trinajstić information content (AvgIpc) is 3.64. The first kappa shape index (κ1) is 27.4. The fourth-order valence-corrected chi connectivity index (χ4v) is 5.62. The van der Waals surface area contributed by atoms with Gasteiger partial charge >= 0.3 is 0 Å². The van der Waals surface area contributed by atoms with Gasteiger partial charge in [-0.2, -0.15) is 5.10 Å². The van der Waals surface area contributed by atoms with Gasteiger partial charge < -0.3 is 15.6 Å². The van der Waals surface area contributed by atoms with Crippen LogP contribution in [0.1, 0.15) is 31.9 Å². The zero-order valence-electron chi connectivity index (χ0n) is 23.7. The summed E-state index contributed by atoms with van der Waals surface area (Å²) in [6.07, 6.45) is 12.8. The lowest BCUT2D eigenvalue weighted by Crippen LogP contribution is -2.28. The zero-order valence-corrected chi connectivity index (χ0v) is 23.7. The van der Waals surface area contributed by atoms with Gasteiger partial charge in [0.2, 0.25) is 0 Å².